The predicted octanol–water partition coefficient (Wildman–Crippen LogP) is 3.31. The average molecular weight is 277 g/mol. The topological polar surface area (TPSA) is 39.1 Å². The summed E-state index contributed by atoms with van der Waals surface area (Å²) in [4.78, 5) is 2.54. The second-order valence-electron chi connectivity index (χ2n) is 7.18. The maximum atomic E-state index is 9.69. The van der Waals surface area contributed by atoms with E-state index in [0.29, 0.717) is 12.0 Å². The number of nitriles is 1. The van der Waals surface area contributed by atoms with Crippen LogP contribution in [0.25, 0.3) is 0 Å². The normalized spacial score (nSPS) is 31.3. The van der Waals surface area contributed by atoms with E-state index in [-0.39, 0.29) is 5.54 Å². The third kappa shape index (κ3) is 3.54. The maximum absolute atomic E-state index is 9.69. The summed E-state index contributed by atoms with van der Waals surface area (Å²) in [6.07, 6.45) is 10.1. The van der Waals surface area contributed by atoms with Crippen LogP contribution in [0.3, 0.4) is 0 Å². The van der Waals surface area contributed by atoms with Crippen LogP contribution >= 0.6 is 0 Å². The highest BCUT2D eigenvalue weighted by Crippen LogP contribution is 2.38. The molecule has 0 amide bonds. The molecule has 0 aromatic rings. The number of nitrogens with zero attached hydrogens (tertiary/aromatic N) is 2. The first kappa shape index (κ1) is 15.8. The van der Waals surface area contributed by atoms with Crippen LogP contribution in [0.4, 0.5) is 0 Å². The zero-order valence-corrected chi connectivity index (χ0v) is 13.5. The van der Waals surface area contributed by atoms with E-state index >= 15 is 0 Å². The van der Waals surface area contributed by atoms with Crippen molar-refractivity contribution in [2.75, 3.05) is 13.6 Å². The summed E-state index contributed by atoms with van der Waals surface area (Å²) in [7, 11) is 2.27. The minimum Gasteiger partial charge on any atom is -0.303 e. The minimum atomic E-state index is -0.259. The van der Waals surface area contributed by atoms with E-state index in [1.54, 1.807) is 0 Å². The first-order chi connectivity index (χ1) is 9.57. The zero-order chi connectivity index (χ0) is 14.6. The lowest BCUT2D eigenvalue weighted by Crippen LogP contribution is -2.50. The van der Waals surface area contributed by atoms with Crippen LogP contribution in [0.5, 0.6) is 0 Å². The summed E-state index contributed by atoms with van der Waals surface area (Å²) in [6, 6.07) is 3.81. The predicted molar refractivity (Wildman–Crippen MR) is 83.5 cm³/mol. The Kier molecular flexibility index (Phi) is 5.46. The Morgan fingerprint density at radius 1 is 1.25 bits per heavy atom. The van der Waals surface area contributed by atoms with E-state index in [0.717, 1.165) is 19.0 Å². The monoisotopic (exact) mass is 277 g/mol. The van der Waals surface area contributed by atoms with Crippen LogP contribution < -0.4 is 5.32 Å². The Labute approximate surface area is 124 Å². The van der Waals surface area contributed by atoms with Crippen LogP contribution in [-0.4, -0.2) is 36.1 Å². The van der Waals surface area contributed by atoms with Gasteiger partial charge in [0, 0.05) is 12.1 Å². The van der Waals surface area contributed by atoms with Gasteiger partial charge in [0.25, 0.3) is 0 Å². The van der Waals surface area contributed by atoms with E-state index < -0.39 is 0 Å². The second kappa shape index (κ2) is 6.91. The highest BCUT2D eigenvalue weighted by molar-refractivity contribution is 5.14. The van der Waals surface area contributed by atoms with Gasteiger partial charge in [0.05, 0.1) is 6.07 Å². The minimum absolute atomic E-state index is 0.259. The van der Waals surface area contributed by atoms with Gasteiger partial charge < -0.3 is 4.90 Å². The van der Waals surface area contributed by atoms with Crippen LogP contribution in [0.15, 0.2) is 0 Å². The quantitative estimate of drug-likeness (QED) is 0.809. The first-order valence-electron chi connectivity index (χ1n) is 8.46. The molecule has 0 radical (unpaired) electrons. The molecular weight excluding hydrogens is 246 g/mol. The summed E-state index contributed by atoms with van der Waals surface area (Å²) < 4.78 is 0. The number of hydrogen-bond donors (Lipinski definition) is 1. The van der Waals surface area contributed by atoms with E-state index in [4.69, 9.17) is 0 Å². The Bertz CT molecular complexity index is 341. The van der Waals surface area contributed by atoms with Gasteiger partial charge in [-0.05, 0) is 65.5 Å². The lowest BCUT2D eigenvalue weighted by molar-refractivity contribution is 0.202. The largest absolute Gasteiger partial charge is 0.303 e. The van der Waals surface area contributed by atoms with Gasteiger partial charge in [-0.25, -0.2) is 0 Å². The van der Waals surface area contributed by atoms with Gasteiger partial charge in [-0.15, -0.1) is 0 Å². The number of nitrogens with one attached hydrogen (secondary N) is 1. The maximum Gasteiger partial charge on any atom is 0.109 e. The third-order valence-corrected chi connectivity index (χ3v) is 5.34. The highest BCUT2D eigenvalue weighted by atomic mass is 15.1. The molecular formula is C17H31N3. The summed E-state index contributed by atoms with van der Waals surface area (Å²) in [5.74, 6) is 0.527. The number of hydrogen-bond acceptors (Lipinski definition) is 3. The van der Waals surface area contributed by atoms with Crippen LogP contribution in [0, 0.1) is 17.2 Å². The van der Waals surface area contributed by atoms with Crippen molar-refractivity contribution >= 4 is 0 Å². The zero-order valence-electron chi connectivity index (χ0n) is 13.5. The van der Waals surface area contributed by atoms with Crippen molar-refractivity contribution in [2.45, 2.75) is 82.8 Å². The van der Waals surface area contributed by atoms with Crippen molar-refractivity contribution in [2.24, 2.45) is 5.92 Å². The molecule has 0 bridgehead atoms. The van der Waals surface area contributed by atoms with Crippen molar-refractivity contribution < 1.29 is 0 Å². The fourth-order valence-electron chi connectivity index (χ4n) is 4.24. The van der Waals surface area contributed by atoms with Gasteiger partial charge in [0.1, 0.15) is 5.54 Å². The van der Waals surface area contributed by atoms with Crippen LogP contribution in [-0.2, 0) is 0 Å². The van der Waals surface area contributed by atoms with Crippen molar-refractivity contribution in [3.05, 3.63) is 0 Å². The molecule has 0 spiro atoms. The SMILES string of the molecule is CC(C)NC1(C#N)CCCC1CCN(C)C1CCCC1. The standard InChI is InChI=1S/C17H31N3/c1-14(2)19-17(13-18)11-6-7-15(17)10-12-20(3)16-8-4-5-9-16/h14-16,19H,4-12H2,1-3H3. The smallest absolute Gasteiger partial charge is 0.109 e. The van der Waals surface area contributed by atoms with Crippen molar-refractivity contribution in [1.29, 1.82) is 5.26 Å². The fourth-order valence-corrected chi connectivity index (χ4v) is 4.24. The molecule has 3 nitrogen and oxygen atoms in total. The molecule has 0 aliphatic heterocycles. The lowest BCUT2D eigenvalue weighted by atomic mass is 9.85. The summed E-state index contributed by atoms with van der Waals surface area (Å²) >= 11 is 0. The Morgan fingerprint density at radius 3 is 2.55 bits per heavy atom. The second-order valence-corrected chi connectivity index (χ2v) is 7.18. The van der Waals surface area contributed by atoms with E-state index in [9.17, 15) is 5.26 Å². The molecule has 114 valence electrons. The third-order valence-electron chi connectivity index (χ3n) is 5.34. The molecule has 2 fully saturated rings. The molecule has 2 aliphatic carbocycles. The Hall–Kier alpha value is -0.590. The van der Waals surface area contributed by atoms with Gasteiger partial charge in [-0.2, -0.15) is 5.26 Å². The number of rotatable bonds is 6. The molecule has 0 aromatic carbocycles. The van der Waals surface area contributed by atoms with Crippen molar-refractivity contribution in [3.63, 3.8) is 0 Å². The molecule has 0 heterocycles. The molecule has 2 rings (SSSR count). The van der Waals surface area contributed by atoms with Gasteiger partial charge >= 0.3 is 0 Å². The molecule has 1 N–H and O–H groups in total. The van der Waals surface area contributed by atoms with Crippen molar-refractivity contribution in [1.82, 2.24) is 10.2 Å². The molecule has 3 heteroatoms. The Morgan fingerprint density at radius 2 is 1.95 bits per heavy atom. The molecule has 2 atom stereocenters. The molecule has 20 heavy (non-hydrogen) atoms. The van der Waals surface area contributed by atoms with E-state index in [1.807, 2.05) is 0 Å². The highest BCUT2D eigenvalue weighted by Gasteiger charge is 2.43. The van der Waals surface area contributed by atoms with Crippen LogP contribution in [0.2, 0.25) is 0 Å². The van der Waals surface area contributed by atoms with Gasteiger partial charge in [0.15, 0.2) is 0 Å². The fraction of sp³-hybridized carbons (Fsp3) is 0.941. The molecule has 0 aromatic heterocycles. The summed E-state index contributed by atoms with van der Waals surface area (Å²) in [6.45, 7) is 5.46. The van der Waals surface area contributed by atoms with Crippen molar-refractivity contribution in [3.8, 4) is 6.07 Å². The lowest BCUT2D eigenvalue weighted by Gasteiger charge is -2.34. The molecule has 2 saturated carbocycles. The average Bonchev–Trinajstić information content (AvgIpc) is 3.05. The van der Waals surface area contributed by atoms with E-state index in [2.05, 4.69) is 37.2 Å². The molecule has 0 saturated heterocycles. The van der Waals surface area contributed by atoms with Gasteiger partial charge in [-0.3, -0.25) is 5.32 Å². The molecule has 2 aliphatic rings. The summed E-state index contributed by atoms with van der Waals surface area (Å²) in [5.41, 5.74) is -0.259. The van der Waals surface area contributed by atoms with Gasteiger partial charge in [-0.1, -0.05) is 19.3 Å². The Balaban J connectivity index is 1.88. The van der Waals surface area contributed by atoms with E-state index in [1.165, 1.54) is 44.9 Å². The summed E-state index contributed by atoms with van der Waals surface area (Å²) in [5, 5.41) is 13.3. The first-order valence-corrected chi connectivity index (χ1v) is 8.46. The van der Waals surface area contributed by atoms with Crippen LogP contribution in [0.1, 0.15) is 65.2 Å². The molecule has 2 unspecified atom stereocenters. The van der Waals surface area contributed by atoms with Gasteiger partial charge in [0.2, 0.25) is 0 Å².